The summed E-state index contributed by atoms with van der Waals surface area (Å²) in [6.07, 6.45) is 0.387. The predicted octanol–water partition coefficient (Wildman–Crippen LogP) is 3.74. The van der Waals surface area contributed by atoms with E-state index in [1.807, 2.05) is 32.9 Å². The van der Waals surface area contributed by atoms with Crippen LogP contribution in [0.1, 0.15) is 24.5 Å². The van der Waals surface area contributed by atoms with Crippen molar-refractivity contribution in [3.8, 4) is 28.6 Å². The van der Waals surface area contributed by atoms with Crippen LogP contribution in [0.5, 0.6) is 17.2 Å². The normalized spacial score (nSPS) is 10.7. The lowest BCUT2D eigenvalue weighted by atomic mass is 10.0. The summed E-state index contributed by atoms with van der Waals surface area (Å²) < 4.78 is 21.5. The minimum Gasteiger partial charge on any atom is -0.497 e. The van der Waals surface area contributed by atoms with Gasteiger partial charge in [-0.05, 0) is 43.5 Å². The maximum absolute atomic E-state index is 12.8. The molecule has 9 heteroatoms. The Morgan fingerprint density at radius 2 is 1.85 bits per heavy atom. The fourth-order valence-electron chi connectivity index (χ4n) is 3.39. The third-order valence-corrected chi connectivity index (χ3v) is 5.29. The number of carbonyl (C=O) groups excluding carboxylic acids is 1. The molecule has 0 spiro atoms. The number of alkyl carbamates (subject to hydrolysis) is 1. The lowest BCUT2D eigenvalue weighted by Crippen LogP contribution is -2.26. The Morgan fingerprint density at radius 3 is 2.55 bits per heavy atom. The second kappa shape index (κ2) is 10.7. The Balaban J connectivity index is 1.83. The van der Waals surface area contributed by atoms with Gasteiger partial charge in [-0.25, -0.2) is 9.78 Å². The van der Waals surface area contributed by atoms with Crippen LogP contribution in [0.2, 0.25) is 0 Å². The van der Waals surface area contributed by atoms with Gasteiger partial charge in [-0.3, -0.25) is 4.79 Å². The van der Waals surface area contributed by atoms with Crippen molar-refractivity contribution >= 4 is 17.0 Å². The van der Waals surface area contributed by atoms with Crippen molar-refractivity contribution in [2.24, 2.45) is 0 Å². The zero-order chi connectivity index (χ0) is 24.0. The molecule has 2 N–H and O–H groups in total. The first-order valence-electron chi connectivity index (χ1n) is 10.7. The van der Waals surface area contributed by atoms with Gasteiger partial charge in [0.05, 0.1) is 19.7 Å². The maximum Gasteiger partial charge on any atom is 0.407 e. The van der Waals surface area contributed by atoms with Gasteiger partial charge < -0.3 is 29.2 Å². The van der Waals surface area contributed by atoms with Crippen LogP contribution in [0, 0.1) is 13.8 Å². The number of nitrogens with zero attached hydrogens (tertiary/aromatic N) is 1. The molecule has 0 radical (unpaired) electrons. The number of carbonyl (C=O) groups is 1. The Kier molecular flexibility index (Phi) is 7.76. The Morgan fingerprint density at radius 1 is 1.06 bits per heavy atom. The van der Waals surface area contributed by atoms with Crippen LogP contribution < -0.4 is 25.1 Å². The minimum atomic E-state index is -0.455. The Bertz CT molecular complexity index is 1210. The number of nitrogens with one attached hydrogen (secondary N) is 2. The molecule has 0 saturated carbocycles. The summed E-state index contributed by atoms with van der Waals surface area (Å²) in [5.41, 5.74) is 2.75. The molecule has 9 nitrogen and oxygen atoms in total. The second-order valence-corrected chi connectivity index (χ2v) is 7.41. The number of methoxy groups -OCH3 is 2. The Hall–Kier alpha value is -3.75. The maximum atomic E-state index is 12.8. The first-order chi connectivity index (χ1) is 15.9. The molecule has 0 aliphatic rings. The first-order valence-corrected chi connectivity index (χ1v) is 10.7. The van der Waals surface area contributed by atoms with Crippen LogP contribution in [0.25, 0.3) is 22.3 Å². The molecule has 33 heavy (non-hydrogen) atoms. The average molecular weight is 456 g/mol. The van der Waals surface area contributed by atoms with Crippen molar-refractivity contribution in [2.45, 2.75) is 27.2 Å². The highest BCUT2D eigenvalue weighted by Crippen LogP contribution is 2.32. The van der Waals surface area contributed by atoms with Crippen molar-refractivity contribution in [1.29, 1.82) is 0 Å². The predicted molar refractivity (Wildman–Crippen MR) is 126 cm³/mol. The largest absolute Gasteiger partial charge is 0.497 e. The van der Waals surface area contributed by atoms with Gasteiger partial charge in [0.2, 0.25) is 0 Å². The molecule has 0 fully saturated rings. The number of ether oxygens (including phenoxy) is 4. The van der Waals surface area contributed by atoms with Crippen LogP contribution >= 0.6 is 0 Å². The van der Waals surface area contributed by atoms with Crippen LogP contribution in [-0.4, -0.2) is 50.0 Å². The summed E-state index contributed by atoms with van der Waals surface area (Å²) in [5, 5.41) is 3.00. The fraction of sp³-hybridized carbons (Fsp3) is 0.375. The van der Waals surface area contributed by atoms with Crippen LogP contribution in [0.3, 0.4) is 0 Å². The van der Waals surface area contributed by atoms with E-state index in [1.165, 1.54) is 7.11 Å². The highest BCUT2D eigenvalue weighted by Gasteiger charge is 2.16. The summed E-state index contributed by atoms with van der Waals surface area (Å²) in [5.74, 6) is 2.05. The fourth-order valence-corrected chi connectivity index (χ4v) is 3.39. The first kappa shape index (κ1) is 23.9. The van der Waals surface area contributed by atoms with E-state index in [2.05, 4.69) is 15.3 Å². The van der Waals surface area contributed by atoms with Crippen LogP contribution in [-0.2, 0) is 4.74 Å². The Labute approximate surface area is 192 Å². The SMILES string of the molecule is CCCNC(=O)OCCOc1ccc(-c2nc3cc(OC)cc(OC)c3c(=O)[nH]2)c(C)c1C. The number of H-pyrrole nitrogens is 1. The number of benzene rings is 2. The third kappa shape index (κ3) is 5.36. The molecular weight excluding hydrogens is 426 g/mol. The van der Waals surface area contributed by atoms with Crippen LogP contribution in [0.4, 0.5) is 4.79 Å². The molecule has 1 amide bonds. The van der Waals surface area contributed by atoms with Gasteiger partial charge in [0.15, 0.2) is 0 Å². The second-order valence-electron chi connectivity index (χ2n) is 7.41. The van der Waals surface area contributed by atoms with Gasteiger partial charge in [0, 0.05) is 24.2 Å². The number of hydrogen-bond donors (Lipinski definition) is 2. The smallest absolute Gasteiger partial charge is 0.407 e. The molecule has 1 heterocycles. The summed E-state index contributed by atoms with van der Waals surface area (Å²) in [6, 6.07) is 7.00. The van der Waals surface area contributed by atoms with E-state index in [1.54, 1.807) is 19.2 Å². The quantitative estimate of drug-likeness (QED) is 0.473. The zero-order valence-electron chi connectivity index (χ0n) is 19.5. The molecule has 2 aromatic carbocycles. The summed E-state index contributed by atoms with van der Waals surface area (Å²) in [7, 11) is 3.04. The van der Waals surface area contributed by atoms with E-state index in [-0.39, 0.29) is 18.8 Å². The van der Waals surface area contributed by atoms with Gasteiger partial charge in [0.25, 0.3) is 5.56 Å². The van der Waals surface area contributed by atoms with E-state index >= 15 is 0 Å². The minimum absolute atomic E-state index is 0.138. The van der Waals surface area contributed by atoms with Crippen molar-refractivity contribution < 1.29 is 23.7 Å². The number of hydrogen-bond acceptors (Lipinski definition) is 7. The van der Waals surface area contributed by atoms with Gasteiger partial charge in [-0.15, -0.1) is 0 Å². The molecule has 1 aromatic heterocycles. The topological polar surface area (TPSA) is 112 Å². The molecule has 3 aromatic rings. The van der Waals surface area contributed by atoms with Crippen molar-refractivity contribution in [1.82, 2.24) is 15.3 Å². The molecule has 0 unspecified atom stereocenters. The molecule has 0 aliphatic heterocycles. The molecule has 0 aliphatic carbocycles. The monoisotopic (exact) mass is 455 g/mol. The van der Waals surface area contributed by atoms with Crippen molar-refractivity contribution in [3.05, 3.63) is 45.7 Å². The molecule has 3 rings (SSSR count). The van der Waals surface area contributed by atoms with Crippen LogP contribution in [0.15, 0.2) is 29.1 Å². The lowest BCUT2D eigenvalue weighted by molar-refractivity contribution is 0.125. The molecule has 176 valence electrons. The summed E-state index contributed by atoms with van der Waals surface area (Å²) in [6.45, 7) is 6.76. The van der Waals surface area contributed by atoms with Gasteiger partial charge in [-0.2, -0.15) is 0 Å². The average Bonchev–Trinajstić information content (AvgIpc) is 2.81. The van der Waals surface area contributed by atoms with E-state index < -0.39 is 6.09 Å². The third-order valence-electron chi connectivity index (χ3n) is 5.29. The summed E-state index contributed by atoms with van der Waals surface area (Å²) >= 11 is 0. The molecule has 0 atom stereocenters. The van der Waals surface area contributed by atoms with E-state index in [0.717, 1.165) is 23.1 Å². The summed E-state index contributed by atoms with van der Waals surface area (Å²) in [4.78, 5) is 31.8. The molecule has 0 bridgehead atoms. The molecule has 0 saturated heterocycles. The standard InChI is InChI=1S/C24H29N3O6/c1-6-9-25-24(29)33-11-10-32-19-8-7-17(14(2)15(19)3)22-26-18-12-16(30-4)13-20(31-5)21(18)23(28)27-22/h7-8,12-13H,6,9-11H2,1-5H3,(H,25,29)(H,26,27,28). The van der Waals surface area contributed by atoms with Gasteiger partial charge in [0.1, 0.15) is 41.7 Å². The zero-order valence-corrected chi connectivity index (χ0v) is 19.5. The number of amides is 1. The number of aromatic nitrogens is 2. The number of aromatic amines is 1. The lowest BCUT2D eigenvalue weighted by Gasteiger charge is -2.15. The van der Waals surface area contributed by atoms with E-state index in [4.69, 9.17) is 18.9 Å². The highest BCUT2D eigenvalue weighted by molar-refractivity contribution is 5.87. The molecular formula is C24H29N3O6. The van der Waals surface area contributed by atoms with Crippen molar-refractivity contribution in [2.75, 3.05) is 34.0 Å². The highest BCUT2D eigenvalue weighted by atomic mass is 16.6. The van der Waals surface area contributed by atoms with E-state index in [0.29, 0.717) is 40.5 Å². The number of rotatable bonds is 9. The number of fused-ring (bicyclic) bond motifs is 1. The van der Waals surface area contributed by atoms with Crippen molar-refractivity contribution in [3.63, 3.8) is 0 Å². The van der Waals surface area contributed by atoms with Gasteiger partial charge >= 0.3 is 6.09 Å². The van der Waals surface area contributed by atoms with Gasteiger partial charge in [-0.1, -0.05) is 6.92 Å². The van der Waals surface area contributed by atoms with E-state index in [9.17, 15) is 9.59 Å².